The lowest BCUT2D eigenvalue weighted by molar-refractivity contribution is 0.0825. The number of ether oxygens (including phenoxy) is 3. The number of benzene rings is 2. The van der Waals surface area contributed by atoms with Crippen molar-refractivity contribution in [1.29, 1.82) is 0 Å². The van der Waals surface area contributed by atoms with Gasteiger partial charge in [-0.15, -0.1) is 0 Å². The number of methoxy groups -OCH3 is 3. The van der Waals surface area contributed by atoms with E-state index in [-0.39, 0.29) is 12.0 Å². The second-order valence-electron chi connectivity index (χ2n) is 5.39. The van der Waals surface area contributed by atoms with Crippen LogP contribution in [0.1, 0.15) is 27.6 Å². The molecule has 128 valence electrons. The molecule has 5 nitrogen and oxygen atoms in total. The lowest BCUT2D eigenvalue weighted by Crippen LogP contribution is -2.29. The van der Waals surface area contributed by atoms with Crippen LogP contribution >= 0.6 is 0 Å². The molecule has 2 rings (SSSR count). The Morgan fingerprint density at radius 2 is 1.67 bits per heavy atom. The van der Waals surface area contributed by atoms with E-state index in [1.165, 1.54) is 0 Å². The molecule has 0 fully saturated rings. The molecule has 2 aromatic rings. The second-order valence-corrected chi connectivity index (χ2v) is 5.39. The fourth-order valence-corrected chi connectivity index (χ4v) is 2.49. The van der Waals surface area contributed by atoms with E-state index in [1.54, 1.807) is 39.5 Å². The number of carbonyl (C=O) groups is 1. The lowest BCUT2D eigenvalue weighted by Gasteiger charge is -2.18. The molecule has 0 aliphatic carbocycles. The normalized spacial score (nSPS) is 11.7. The number of hydrogen-bond acceptors (Lipinski definition) is 4. The fourth-order valence-electron chi connectivity index (χ4n) is 2.49. The van der Waals surface area contributed by atoms with Crippen molar-refractivity contribution >= 4 is 5.91 Å². The Hall–Kier alpha value is -2.53. The van der Waals surface area contributed by atoms with Crippen LogP contribution in [0, 0.1) is 6.92 Å². The van der Waals surface area contributed by atoms with Crippen molar-refractivity contribution in [2.45, 2.75) is 13.0 Å². The number of hydrogen-bond donors (Lipinski definition) is 1. The molecule has 0 spiro atoms. The standard InChI is InChI=1S/C19H23NO4/c1-13-7-5-6-8-17(13)18(24-4)12-20-19(21)14-9-15(22-2)11-16(10-14)23-3/h5-11,18H,12H2,1-4H3,(H,20,21). The molecule has 0 bridgehead atoms. The Kier molecular flexibility index (Phi) is 6.21. The molecule has 0 aromatic heterocycles. The van der Waals surface area contributed by atoms with Crippen molar-refractivity contribution in [3.8, 4) is 11.5 Å². The van der Waals surface area contributed by atoms with E-state index in [9.17, 15) is 4.79 Å². The number of rotatable bonds is 7. The predicted octanol–water partition coefficient (Wildman–Crippen LogP) is 3.13. The summed E-state index contributed by atoms with van der Waals surface area (Å²) < 4.78 is 15.9. The minimum Gasteiger partial charge on any atom is -0.497 e. The summed E-state index contributed by atoms with van der Waals surface area (Å²) in [5, 5.41) is 2.90. The Labute approximate surface area is 142 Å². The van der Waals surface area contributed by atoms with Crippen molar-refractivity contribution in [2.75, 3.05) is 27.9 Å². The van der Waals surface area contributed by atoms with Gasteiger partial charge in [-0.25, -0.2) is 0 Å². The summed E-state index contributed by atoms with van der Waals surface area (Å²) in [5.74, 6) is 0.936. The fraction of sp³-hybridized carbons (Fsp3) is 0.316. The number of amides is 1. The topological polar surface area (TPSA) is 56.8 Å². The van der Waals surface area contributed by atoms with E-state index in [0.29, 0.717) is 23.6 Å². The van der Waals surface area contributed by atoms with Crippen molar-refractivity contribution < 1.29 is 19.0 Å². The minimum absolute atomic E-state index is 0.206. The van der Waals surface area contributed by atoms with Crippen LogP contribution in [0.2, 0.25) is 0 Å². The van der Waals surface area contributed by atoms with Crippen molar-refractivity contribution in [3.05, 3.63) is 59.2 Å². The summed E-state index contributed by atoms with van der Waals surface area (Å²) in [6.45, 7) is 2.40. The summed E-state index contributed by atoms with van der Waals surface area (Å²) in [4.78, 5) is 12.4. The number of nitrogens with one attached hydrogen (secondary N) is 1. The van der Waals surface area contributed by atoms with Crippen LogP contribution in [0.15, 0.2) is 42.5 Å². The highest BCUT2D eigenvalue weighted by atomic mass is 16.5. The molecule has 1 N–H and O–H groups in total. The monoisotopic (exact) mass is 329 g/mol. The van der Waals surface area contributed by atoms with Crippen LogP contribution in [0.4, 0.5) is 0 Å². The lowest BCUT2D eigenvalue weighted by atomic mass is 10.0. The van der Waals surface area contributed by atoms with E-state index >= 15 is 0 Å². The van der Waals surface area contributed by atoms with Crippen molar-refractivity contribution in [3.63, 3.8) is 0 Å². The van der Waals surface area contributed by atoms with Gasteiger partial charge >= 0.3 is 0 Å². The first-order valence-electron chi connectivity index (χ1n) is 7.68. The van der Waals surface area contributed by atoms with Gasteiger partial charge < -0.3 is 19.5 Å². The molecule has 1 amide bonds. The summed E-state index contributed by atoms with van der Waals surface area (Å²) in [5.41, 5.74) is 2.66. The third-order valence-electron chi connectivity index (χ3n) is 3.88. The number of carbonyl (C=O) groups excluding carboxylic acids is 1. The Morgan fingerprint density at radius 3 is 2.21 bits per heavy atom. The molecule has 24 heavy (non-hydrogen) atoms. The minimum atomic E-state index is -0.206. The average Bonchev–Trinajstić information content (AvgIpc) is 2.62. The van der Waals surface area contributed by atoms with Gasteiger partial charge in [-0.05, 0) is 30.2 Å². The van der Waals surface area contributed by atoms with Crippen molar-refractivity contribution in [1.82, 2.24) is 5.32 Å². The third-order valence-corrected chi connectivity index (χ3v) is 3.88. The number of aryl methyl sites for hydroxylation is 1. The van der Waals surface area contributed by atoms with E-state index < -0.39 is 0 Å². The Bertz CT molecular complexity index is 677. The molecular weight excluding hydrogens is 306 g/mol. The largest absolute Gasteiger partial charge is 0.497 e. The smallest absolute Gasteiger partial charge is 0.251 e. The van der Waals surface area contributed by atoms with Gasteiger partial charge in [-0.2, -0.15) is 0 Å². The molecule has 5 heteroatoms. The maximum atomic E-state index is 12.4. The van der Waals surface area contributed by atoms with Crippen molar-refractivity contribution in [2.24, 2.45) is 0 Å². The van der Waals surface area contributed by atoms with Crippen LogP contribution in [0.3, 0.4) is 0 Å². The summed E-state index contributed by atoms with van der Waals surface area (Å²) in [6, 6.07) is 13.0. The van der Waals surface area contributed by atoms with E-state index in [1.807, 2.05) is 31.2 Å². The first-order chi connectivity index (χ1) is 11.6. The molecule has 2 aromatic carbocycles. The van der Waals surface area contributed by atoms with Gasteiger partial charge in [-0.1, -0.05) is 24.3 Å². The van der Waals surface area contributed by atoms with Gasteiger partial charge in [0, 0.05) is 25.3 Å². The highest BCUT2D eigenvalue weighted by molar-refractivity contribution is 5.95. The molecule has 0 heterocycles. The molecule has 0 radical (unpaired) electrons. The summed E-state index contributed by atoms with van der Waals surface area (Å²) >= 11 is 0. The SMILES string of the molecule is COc1cc(OC)cc(C(=O)NCC(OC)c2ccccc2C)c1. The van der Waals surface area contributed by atoms with Gasteiger partial charge in [0.15, 0.2) is 0 Å². The van der Waals surface area contributed by atoms with Gasteiger partial charge in [0.1, 0.15) is 11.5 Å². The Balaban J connectivity index is 2.10. The van der Waals surface area contributed by atoms with Gasteiger partial charge in [0.2, 0.25) is 0 Å². The molecule has 0 saturated heterocycles. The molecule has 1 atom stereocenters. The maximum Gasteiger partial charge on any atom is 0.251 e. The predicted molar refractivity (Wildman–Crippen MR) is 92.8 cm³/mol. The van der Waals surface area contributed by atoms with Crippen LogP contribution in [0.25, 0.3) is 0 Å². The molecule has 1 unspecified atom stereocenters. The molecule has 0 saturated carbocycles. The summed E-state index contributed by atoms with van der Waals surface area (Å²) in [7, 11) is 4.74. The first-order valence-corrected chi connectivity index (χ1v) is 7.68. The highest BCUT2D eigenvalue weighted by Crippen LogP contribution is 2.23. The second kappa shape index (κ2) is 8.36. The van der Waals surface area contributed by atoms with E-state index in [0.717, 1.165) is 11.1 Å². The molecular formula is C19H23NO4. The third kappa shape index (κ3) is 4.26. The highest BCUT2D eigenvalue weighted by Gasteiger charge is 2.15. The maximum absolute atomic E-state index is 12.4. The quantitative estimate of drug-likeness (QED) is 0.848. The van der Waals surface area contributed by atoms with Gasteiger partial charge in [-0.3, -0.25) is 4.79 Å². The van der Waals surface area contributed by atoms with E-state index in [2.05, 4.69) is 5.32 Å². The van der Waals surface area contributed by atoms with Crippen LogP contribution in [-0.2, 0) is 4.74 Å². The zero-order chi connectivity index (χ0) is 17.5. The molecule has 0 aliphatic heterocycles. The zero-order valence-electron chi connectivity index (χ0n) is 14.5. The van der Waals surface area contributed by atoms with Crippen LogP contribution in [-0.4, -0.2) is 33.8 Å². The van der Waals surface area contributed by atoms with Crippen LogP contribution in [0.5, 0.6) is 11.5 Å². The summed E-state index contributed by atoms with van der Waals surface area (Å²) in [6.07, 6.45) is -0.206. The van der Waals surface area contributed by atoms with Gasteiger partial charge in [0.05, 0.1) is 20.3 Å². The Morgan fingerprint density at radius 1 is 1.04 bits per heavy atom. The van der Waals surface area contributed by atoms with Crippen LogP contribution < -0.4 is 14.8 Å². The average molecular weight is 329 g/mol. The van der Waals surface area contributed by atoms with Gasteiger partial charge in [0.25, 0.3) is 5.91 Å². The first kappa shape index (κ1) is 17.8. The molecule has 0 aliphatic rings. The van der Waals surface area contributed by atoms with E-state index in [4.69, 9.17) is 14.2 Å². The zero-order valence-corrected chi connectivity index (χ0v) is 14.5.